The van der Waals surface area contributed by atoms with Crippen LogP contribution in [0.25, 0.3) is 0 Å². The van der Waals surface area contributed by atoms with E-state index in [1.54, 1.807) is 53.4 Å². The van der Waals surface area contributed by atoms with E-state index in [0.717, 1.165) is 49.5 Å². The van der Waals surface area contributed by atoms with Crippen molar-refractivity contribution in [2.24, 2.45) is 5.92 Å². The van der Waals surface area contributed by atoms with E-state index in [0.29, 0.717) is 29.2 Å². The van der Waals surface area contributed by atoms with Gasteiger partial charge in [-0.3, -0.25) is 14.4 Å². The minimum absolute atomic E-state index is 0.0406. The lowest BCUT2D eigenvalue weighted by Gasteiger charge is -2.47. The molecular weight excluding hydrogens is 864 g/mol. The van der Waals surface area contributed by atoms with E-state index in [-0.39, 0.29) is 35.8 Å². The molecule has 3 amide bonds. The molecule has 0 spiro atoms. The highest BCUT2D eigenvalue weighted by Gasteiger charge is 2.50. The monoisotopic (exact) mass is 922 g/mol. The fourth-order valence-corrected chi connectivity index (χ4v) is 10.3. The first kappa shape index (κ1) is 49.3. The minimum Gasteiger partial charge on any atom is -0.484 e. The lowest BCUT2D eigenvalue weighted by molar-refractivity contribution is -0.142. The number of carbonyl (C=O) groups is 4. The van der Waals surface area contributed by atoms with Crippen molar-refractivity contribution in [3.05, 3.63) is 95.3 Å². The van der Waals surface area contributed by atoms with Crippen molar-refractivity contribution in [1.29, 1.82) is 0 Å². The third-order valence-corrected chi connectivity index (χ3v) is 18.2. The van der Waals surface area contributed by atoms with Gasteiger partial charge in [0.25, 0.3) is 5.91 Å². The number of amides is 3. The van der Waals surface area contributed by atoms with E-state index in [1.807, 2.05) is 12.1 Å². The van der Waals surface area contributed by atoms with Gasteiger partial charge in [0.05, 0.1) is 31.5 Å². The number of benzene rings is 3. The Hall–Kier alpha value is -4.73. The van der Waals surface area contributed by atoms with Gasteiger partial charge in [-0.1, -0.05) is 89.0 Å². The van der Waals surface area contributed by atoms with Crippen LogP contribution in [0.1, 0.15) is 88.1 Å². The van der Waals surface area contributed by atoms with E-state index in [1.165, 1.54) is 23.9 Å². The van der Waals surface area contributed by atoms with Gasteiger partial charge in [-0.25, -0.2) is 22.3 Å². The van der Waals surface area contributed by atoms with E-state index in [4.69, 9.17) is 9.16 Å². The first-order valence-electron chi connectivity index (χ1n) is 21.1. The first-order valence-corrected chi connectivity index (χ1v) is 27.0. The van der Waals surface area contributed by atoms with Crippen molar-refractivity contribution in [3.8, 4) is 17.6 Å². The van der Waals surface area contributed by atoms with Crippen molar-refractivity contribution in [1.82, 2.24) is 15.4 Å². The molecule has 3 aromatic carbocycles. The number of carboxylic acids is 1. The molecule has 5 rings (SSSR count). The number of thioether (sulfide) groups is 1. The smallest absolute Gasteiger partial charge is 0.326 e. The Labute approximate surface area is 375 Å². The summed E-state index contributed by atoms with van der Waals surface area (Å²) in [6.07, 6.45) is 6.15. The molecule has 0 radical (unpaired) electrons. The number of sulfonamides is 1. The highest BCUT2D eigenvalue weighted by Crippen LogP contribution is 2.48. The predicted octanol–water partition coefficient (Wildman–Crippen LogP) is 6.71. The molecule has 4 N–H and O–H groups in total. The summed E-state index contributed by atoms with van der Waals surface area (Å²) in [7, 11) is -5.68. The van der Waals surface area contributed by atoms with Crippen LogP contribution in [0, 0.1) is 23.6 Å². The van der Waals surface area contributed by atoms with Gasteiger partial charge >= 0.3 is 5.97 Å². The molecule has 63 heavy (non-hydrogen) atoms. The van der Waals surface area contributed by atoms with Gasteiger partial charge in [0.2, 0.25) is 21.8 Å². The molecule has 17 heteroatoms. The number of carboxylic acid groups (broad SMARTS) is 1. The summed E-state index contributed by atoms with van der Waals surface area (Å²) in [5.41, 5.74) is 2.91. The highest BCUT2D eigenvalue weighted by atomic mass is 32.2. The summed E-state index contributed by atoms with van der Waals surface area (Å²) in [4.78, 5) is 52.8. The summed E-state index contributed by atoms with van der Waals surface area (Å²) in [6, 6.07) is 19.0. The third kappa shape index (κ3) is 14.4. The molecule has 0 bridgehead atoms. The van der Waals surface area contributed by atoms with Crippen molar-refractivity contribution in [2.75, 3.05) is 36.6 Å². The normalized spacial score (nSPS) is 18.0. The number of anilines is 1. The third-order valence-electron chi connectivity index (χ3n) is 11.7. The Balaban J connectivity index is 1.27. The number of hydrogen-bond acceptors (Lipinski definition) is 9. The zero-order valence-electron chi connectivity index (χ0n) is 36.7. The van der Waals surface area contributed by atoms with Crippen LogP contribution >= 0.6 is 11.8 Å². The predicted molar refractivity (Wildman–Crippen MR) is 246 cm³/mol. The Bertz CT molecular complexity index is 2240. The number of halogens is 1. The summed E-state index contributed by atoms with van der Waals surface area (Å²) in [6.45, 7) is 9.94. The summed E-state index contributed by atoms with van der Waals surface area (Å²) < 4.78 is 51.8. The molecular formula is C46H59FN4O9S2Si. The van der Waals surface area contributed by atoms with Crippen LogP contribution in [0.3, 0.4) is 0 Å². The minimum atomic E-state index is -3.38. The van der Waals surface area contributed by atoms with E-state index in [2.05, 4.69) is 61.1 Å². The van der Waals surface area contributed by atoms with Crippen molar-refractivity contribution in [2.45, 2.75) is 101 Å². The molecule has 3 aromatic rings. The Morgan fingerprint density at radius 2 is 1.62 bits per heavy atom. The fourth-order valence-electron chi connectivity index (χ4n) is 7.22. The number of ether oxygens (including phenoxy) is 1. The molecule has 13 nitrogen and oxygen atoms in total. The number of rotatable bonds is 19. The van der Waals surface area contributed by atoms with Gasteiger partial charge in [0, 0.05) is 17.0 Å². The number of β-lactam (4-membered cyclic amide) rings is 1. The molecule has 340 valence electrons. The number of aliphatic carboxylic acids is 1. The van der Waals surface area contributed by atoms with Crippen LogP contribution < -0.4 is 25.0 Å². The maximum Gasteiger partial charge on any atom is 0.326 e. The van der Waals surface area contributed by atoms with Crippen LogP contribution in [0.15, 0.2) is 72.8 Å². The average molecular weight is 923 g/mol. The van der Waals surface area contributed by atoms with Gasteiger partial charge in [-0.15, -0.1) is 11.8 Å². The topological polar surface area (TPSA) is 180 Å². The molecule has 1 saturated heterocycles. The van der Waals surface area contributed by atoms with Crippen molar-refractivity contribution < 1.29 is 46.3 Å². The number of hydrogen-bond donors (Lipinski definition) is 4. The summed E-state index contributed by atoms with van der Waals surface area (Å²) in [5, 5.41) is 14.1. The standard InChI is InChI=1S/C46H59FN4O9S2Si/c1-46(2,3)63(5,6)60-39(33-16-20-35(47)21-17-33)30-61-43-42(51(44(43)54)36-22-14-31(15-23-36)13-10-26-49-62(4,57)58)34-18-24-37(25-19-34)59-29-41(53)48-28-40(52)50-38(45(55)56)27-32-11-8-7-9-12-32/h14-25,32,38-39,42-43,49H,7-9,11-12,26-30H2,1-6H3,(H,48,53)(H,50,52)(H,55,56)/t38-,39+,42-,43-/m1/s1. The van der Waals surface area contributed by atoms with E-state index < -0.39 is 66.1 Å². The second kappa shape index (κ2) is 21.8. The molecule has 0 aromatic heterocycles. The second-order valence-electron chi connectivity index (χ2n) is 17.6. The SMILES string of the molecule is CC(C)(C)[Si](C)(C)O[C@@H](CS[C@H]1C(=O)N(c2ccc(C#CCNS(C)(=O)=O)cc2)[C@@H]1c1ccc(OCC(=O)NCC(=O)N[C@H](CC2CCCCC2)C(=O)O)cc1)c1ccc(F)cc1. The van der Waals surface area contributed by atoms with Gasteiger partial charge in [0.1, 0.15) is 22.9 Å². The zero-order chi connectivity index (χ0) is 46.0. The van der Waals surface area contributed by atoms with E-state index in [9.17, 15) is 37.1 Å². The fraction of sp³-hybridized carbons (Fsp3) is 0.478. The van der Waals surface area contributed by atoms with Crippen LogP contribution in [-0.4, -0.2) is 88.5 Å². The maximum atomic E-state index is 14.1. The Morgan fingerprint density at radius 1 is 0.968 bits per heavy atom. The molecule has 1 heterocycles. The molecule has 0 unspecified atom stereocenters. The summed E-state index contributed by atoms with van der Waals surface area (Å²) >= 11 is 1.47. The quantitative estimate of drug-likeness (QED) is 0.0574. The first-order chi connectivity index (χ1) is 29.7. The van der Waals surface area contributed by atoms with Crippen LogP contribution in [0.4, 0.5) is 10.1 Å². The maximum absolute atomic E-state index is 14.1. The molecule has 1 aliphatic carbocycles. The van der Waals surface area contributed by atoms with Crippen molar-refractivity contribution in [3.63, 3.8) is 0 Å². The zero-order valence-corrected chi connectivity index (χ0v) is 39.4. The van der Waals surface area contributed by atoms with Gasteiger partial charge in [-0.2, -0.15) is 0 Å². The number of nitrogens with zero attached hydrogens (tertiary/aromatic N) is 1. The molecule has 2 aliphatic rings. The van der Waals surface area contributed by atoms with Crippen LogP contribution in [0.2, 0.25) is 18.1 Å². The Morgan fingerprint density at radius 3 is 2.22 bits per heavy atom. The molecule has 1 saturated carbocycles. The van der Waals surface area contributed by atoms with Crippen molar-refractivity contribution >= 4 is 59.5 Å². The highest BCUT2D eigenvalue weighted by molar-refractivity contribution is 8.00. The molecule has 1 aliphatic heterocycles. The van der Waals surface area contributed by atoms with Gasteiger partial charge in [0.15, 0.2) is 14.9 Å². The summed E-state index contributed by atoms with van der Waals surface area (Å²) in [5.74, 6) is 4.05. The van der Waals surface area contributed by atoms with E-state index >= 15 is 0 Å². The van der Waals surface area contributed by atoms with Crippen LogP contribution in [0.5, 0.6) is 5.75 Å². The lowest BCUT2D eigenvalue weighted by Crippen LogP contribution is -2.58. The molecule has 2 fully saturated rings. The Kier molecular flexibility index (Phi) is 17.0. The average Bonchev–Trinajstić information content (AvgIpc) is 3.22. The number of nitrogens with one attached hydrogen (secondary N) is 3. The van der Waals surface area contributed by atoms with Crippen LogP contribution in [-0.2, 0) is 33.6 Å². The van der Waals surface area contributed by atoms with Gasteiger partial charge in [-0.05, 0) is 90.1 Å². The number of carbonyl (C=O) groups excluding carboxylic acids is 3. The second-order valence-corrected chi connectivity index (χ2v) is 25.4. The lowest BCUT2D eigenvalue weighted by atomic mass is 9.85. The van der Waals surface area contributed by atoms with Gasteiger partial charge < -0.3 is 29.8 Å². The molecule has 4 atom stereocenters. The largest absolute Gasteiger partial charge is 0.484 e.